The summed E-state index contributed by atoms with van der Waals surface area (Å²) in [7, 11) is 0. The van der Waals surface area contributed by atoms with Gasteiger partial charge in [0.1, 0.15) is 19.0 Å². The fourth-order valence-electron chi connectivity index (χ4n) is 3.99. The highest BCUT2D eigenvalue weighted by Crippen LogP contribution is 2.26. The summed E-state index contributed by atoms with van der Waals surface area (Å²) in [4.78, 5) is 6.37. The van der Waals surface area contributed by atoms with Crippen molar-refractivity contribution < 1.29 is 19.0 Å². The van der Waals surface area contributed by atoms with Crippen molar-refractivity contribution in [1.29, 1.82) is 0 Å². The van der Waals surface area contributed by atoms with E-state index >= 15 is 0 Å². The molecule has 32 heavy (non-hydrogen) atoms. The third kappa shape index (κ3) is 6.31. The molecule has 6 nitrogen and oxygen atoms in total. The zero-order valence-electron chi connectivity index (χ0n) is 18.2. The number of benzene rings is 2. The lowest BCUT2D eigenvalue weighted by molar-refractivity contribution is -0.0177. The number of para-hydroxylation sites is 1. The molecule has 1 aliphatic heterocycles. The number of hydrogen-bond acceptors (Lipinski definition) is 5. The SMILES string of the molecule is OC1(COc2ccccc2F)CCCN(Cc2cccc(OCCn3ccnc3)c2)CC1. The van der Waals surface area contributed by atoms with E-state index in [-0.39, 0.29) is 12.4 Å². The number of halogens is 1. The van der Waals surface area contributed by atoms with Crippen LogP contribution < -0.4 is 9.47 Å². The monoisotopic (exact) mass is 439 g/mol. The maximum absolute atomic E-state index is 13.8. The molecule has 0 saturated carbocycles. The zero-order valence-corrected chi connectivity index (χ0v) is 18.2. The number of aliphatic hydroxyl groups is 1. The number of nitrogens with zero attached hydrogens (tertiary/aromatic N) is 3. The highest BCUT2D eigenvalue weighted by Gasteiger charge is 2.31. The predicted octanol–water partition coefficient (Wildman–Crippen LogP) is 3.90. The van der Waals surface area contributed by atoms with Crippen LogP contribution in [0.4, 0.5) is 4.39 Å². The second-order valence-electron chi connectivity index (χ2n) is 8.37. The average molecular weight is 440 g/mol. The van der Waals surface area contributed by atoms with Gasteiger partial charge in [-0.15, -0.1) is 0 Å². The standard InChI is InChI=1S/C25H30FN3O3/c26-23-7-1-2-8-24(23)32-19-25(30)9-4-12-28(13-10-25)18-21-5-3-6-22(17-21)31-16-15-29-14-11-27-20-29/h1-3,5-8,11,14,17,20,30H,4,9-10,12-13,15-16,18-19H2. The van der Waals surface area contributed by atoms with Crippen LogP contribution in [0, 0.1) is 5.82 Å². The van der Waals surface area contributed by atoms with Crippen LogP contribution in [0.5, 0.6) is 11.5 Å². The van der Waals surface area contributed by atoms with E-state index in [1.54, 1.807) is 30.7 Å². The van der Waals surface area contributed by atoms with Crippen molar-refractivity contribution in [3.63, 3.8) is 0 Å². The molecule has 1 atom stereocenters. The first-order valence-electron chi connectivity index (χ1n) is 11.1. The Labute approximate surface area is 188 Å². The lowest BCUT2D eigenvalue weighted by Gasteiger charge is -2.27. The van der Waals surface area contributed by atoms with E-state index < -0.39 is 11.4 Å². The summed E-state index contributed by atoms with van der Waals surface area (Å²) >= 11 is 0. The summed E-state index contributed by atoms with van der Waals surface area (Å²) in [5, 5.41) is 11.0. The second-order valence-corrected chi connectivity index (χ2v) is 8.37. The first kappa shape index (κ1) is 22.3. The van der Waals surface area contributed by atoms with Crippen molar-refractivity contribution in [2.75, 3.05) is 26.3 Å². The highest BCUT2D eigenvalue weighted by molar-refractivity contribution is 5.28. The summed E-state index contributed by atoms with van der Waals surface area (Å²) in [5.41, 5.74) is 0.230. The number of rotatable bonds is 9. The molecule has 2 aromatic carbocycles. The smallest absolute Gasteiger partial charge is 0.165 e. The summed E-state index contributed by atoms with van der Waals surface area (Å²) in [6.07, 6.45) is 7.54. The molecule has 1 aromatic heterocycles. The number of likely N-dealkylation sites (tertiary alicyclic amines) is 1. The van der Waals surface area contributed by atoms with Gasteiger partial charge in [0.25, 0.3) is 0 Å². The van der Waals surface area contributed by atoms with Gasteiger partial charge in [0, 0.05) is 25.5 Å². The fourth-order valence-corrected chi connectivity index (χ4v) is 3.99. The van der Waals surface area contributed by atoms with Crippen molar-refractivity contribution >= 4 is 0 Å². The zero-order chi connectivity index (χ0) is 22.2. The van der Waals surface area contributed by atoms with Gasteiger partial charge in [-0.1, -0.05) is 24.3 Å². The van der Waals surface area contributed by atoms with Crippen molar-refractivity contribution in [3.05, 3.63) is 78.6 Å². The fraction of sp³-hybridized carbons (Fsp3) is 0.400. The molecule has 2 heterocycles. The predicted molar refractivity (Wildman–Crippen MR) is 120 cm³/mol. The molecule has 170 valence electrons. The van der Waals surface area contributed by atoms with Gasteiger partial charge >= 0.3 is 0 Å². The molecule has 7 heteroatoms. The van der Waals surface area contributed by atoms with Crippen LogP contribution in [-0.2, 0) is 13.1 Å². The number of hydrogen-bond donors (Lipinski definition) is 1. The lowest BCUT2D eigenvalue weighted by atomic mass is 9.96. The second kappa shape index (κ2) is 10.6. The van der Waals surface area contributed by atoms with E-state index in [0.717, 1.165) is 38.3 Å². The van der Waals surface area contributed by atoms with Crippen LogP contribution in [-0.4, -0.2) is 51.5 Å². The molecule has 0 spiro atoms. The van der Waals surface area contributed by atoms with Crippen molar-refractivity contribution in [2.45, 2.75) is 38.0 Å². The third-order valence-electron chi connectivity index (χ3n) is 5.82. The van der Waals surface area contributed by atoms with Gasteiger partial charge in [-0.3, -0.25) is 4.90 Å². The van der Waals surface area contributed by atoms with Gasteiger partial charge in [-0.05, 0) is 55.6 Å². The molecule has 1 unspecified atom stereocenters. The largest absolute Gasteiger partial charge is 0.492 e. The molecule has 0 aliphatic carbocycles. The molecule has 0 amide bonds. The van der Waals surface area contributed by atoms with E-state index in [9.17, 15) is 9.50 Å². The normalized spacial score (nSPS) is 19.4. The summed E-state index contributed by atoms with van der Waals surface area (Å²) in [5.74, 6) is 0.637. The van der Waals surface area contributed by atoms with Gasteiger partial charge in [0.15, 0.2) is 11.6 Å². The minimum atomic E-state index is -0.949. The van der Waals surface area contributed by atoms with Crippen LogP contribution in [0.15, 0.2) is 67.3 Å². The lowest BCUT2D eigenvalue weighted by Crippen LogP contribution is -2.37. The van der Waals surface area contributed by atoms with Crippen LogP contribution in [0.25, 0.3) is 0 Å². The minimum Gasteiger partial charge on any atom is -0.492 e. The molecule has 0 bridgehead atoms. The van der Waals surface area contributed by atoms with Gasteiger partial charge in [0.05, 0.1) is 18.5 Å². The molecule has 1 saturated heterocycles. The van der Waals surface area contributed by atoms with Crippen molar-refractivity contribution in [1.82, 2.24) is 14.5 Å². The van der Waals surface area contributed by atoms with Gasteiger partial charge < -0.3 is 19.1 Å². The minimum absolute atomic E-state index is 0.0992. The average Bonchev–Trinajstić information content (AvgIpc) is 3.24. The molecule has 1 aliphatic rings. The van der Waals surface area contributed by atoms with E-state index in [2.05, 4.69) is 22.0 Å². The first-order valence-corrected chi connectivity index (χ1v) is 11.1. The Balaban J connectivity index is 1.26. The first-order chi connectivity index (χ1) is 15.6. The maximum Gasteiger partial charge on any atom is 0.165 e. The van der Waals surface area contributed by atoms with Crippen molar-refractivity contribution in [2.24, 2.45) is 0 Å². The Hall–Kier alpha value is -2.90. The van der Waals surface area contributed by atoms with E-state index in [0.29, 0.717) is 19.4 Å². The molecule has 1 N–H and O–H groups in total. The van der Waals surface area contributed by atoms with Crippen molar-refractivity contribution in [3.8, 4) is 11.5 Å². The Bertz CT molecular complexity index is 982. The molecule has 4 rings (SSSR count). The summed E-state index contributed by atoms with van der Waals surface area (Å²) in [6.45, 7) is 3.88. The Morgan fingerprint density at radius 1 is 1.06 bits per heavy atom. The summed E-state index contributed by atoms with van der Waals surface area (Å²) < 4.78 is 27.3. The number of imidazole rings is 1. The van der Waals surface area contributed by atoms with E-state index in [1.165, 1.54) is 11.6 Å². The molecule has 3 aromatic rings. The molecular formula is C25H30FN3O3. The molecule has 1 fully saturated rings. The molecule has 0 radical (unpaired) electrons. The number of ether oxygens (including phenoxy) is 2. The maximum atomic E-state index is 13.8. The van der Waals surface area contributed by atoms with Gasteiger partial charge in [0.2, 0.25) is 0 Å². The molecular weight excluding hydrogens is 409 g/mol. The van der Waals surface area contributed by atoms with Crippen LogP contribution in [0.3, 0.4) is 0 Å². The topological polar surface area (TPSA) is 59.8 Å². The Morgan fingerprint density at radius 2 is 1.97 bits per heavy atom. The van der Waals surface area contributed by atoms with Gasteiger partial charge in [-0.25, -0.2) is 9.37 Å². The quantitative estimate of drug-likeness (QED) is 0.548. The van der Waals surface area contributed by atoms with E-state index in [4.69, 9.17) is 9.47 Å². The van der Waals surface area contributed by atoms with Crippen LogP contribution in [0.1, 0.15) is 24.8 Å². The Morgan fingerprint density at radius 3 is 2.81 bits per heavy atom. The van der Waals surface area contributed by atoms with E-state index in [1.807, 2.05) is 22.9 Å². The third-order valence-corrected chi connectivity index (χ3v) is 5.82. The number of aromatic nitrogens is 2. The highest BCUT2D eigenvalue weighted by atomic mass is 19.1. The Kier molecular flexibility index (Phi) is 7.39. The van der Waals surface area contributed by atoms with Gasteiger partial charge in [-0.2, -0.15) is 0 Å². The van der Waals surface area contributed by atoms with Crippen LogP contribution in [0.2, 0.25) is 0 Å². The van der Waals surface area contributed by atoms with Crippen LogP contribution >= 0.6 is 0 Å². The summed E-state index contributed by atoms with van der Waals surface area (Å²) in [6, 6.07) is 14.5.